The summed E-state index contributed by atoms with van der Waals surface area (Å²) in [6.07, 6.45) is 1.28. The van der Waals surface area contributed by atoms with Crippen LogP contribution >= 0.6 is 0 Å². The number of nitrogens with one attached hydrogen (secondary N) is 1. The molecule has 0 bridgehead atoms. The summed E-state index contributed by atoms with van der Waals surface area (Å²) < 4.78 is 46.2. The highest BCUT2D eigenvalue weighted by atomic mass is 32.2. The summed E-state index contributed by atoms with van der Waals surface area (Å²) in [5, 5.41) is 0. The van der Waals surface area contributed by atoms with Gasteiger partial charge < -0.3 is 9.30 Å². The topological polar surface area (TPSA) is 77.4 Å². The number of hydrogen-bond acceptors (Lipinski definition) is 4. The van der Waals surface area contributed by atoms with Crippen molar-refractivity contribution in [1.82, 2.24) is 4.57 Å². The molecule has 6 nitrogen and oxygen atoms in total. The maximum absolute atomic E-state index is 13.5. The van der Waals surface area contributed by atoms with Crippen molar-refractivity contribution in [2.75, 3.05) is 11.8 Å². The average molecular weight is 326 g/mol. The van der Waals surface area contributed by atoms with Gasteiger partial charge in [-0.2, -0.15) is 0 Å². The zero-order valence-corrected chi connectivity index (χ0v) is 13.1. The molecule has 0 atom stereocenters. The van der Waals surface area contributed by atoms with Gasteiger partial charge in [-0.05, 0) is 30.7 Å². The molecule has 1 N–H and O–H groups in total. The summed E-state index contributed by atoms with van der Waals surface area (Å²) >= 11 is 0. The number of sulfonamides is 1. The predicted octanol–water partition coefficient (Wildman–Crippen LogP) is 2.06. The number of esters is 1. The Morgan fingerprint density at radius 2 is 2.00 bits per heavy atom. The molecule has 2 aromatic rings. The number of aromatic nitrogens is 1. The highest BCUT2D eigenvalue weighted by Gasteiger charge is 2.21. The lowest BCUT2D eigenvalue weighted by Crippen LogP contribution is -2.12. The fourth-order valence-electron chi connectivity index (χ4n) is 1.86. The van der Waals surface area contributed by atoms with Crippen molar-refractivity contribution in [2.45, 2.75) is 11.8 Å². The molecule has 0 radical (unpaired) electrons. The molecule has 0 unspecified atom stereocenters. The van der Waals surface area contributed by atoms with E-state index in [1.807, 2.05) is 0 Å². The number of methoxy groups -OCH3 is 1. The van der Waals surface area contributed by atoms with Crippen LogP contribution in [0.2, 0.25) is 0 Å². The van der Waals surface area contributed by atoms with E-state index in [-0.39, 0.29) is 16.3 Å². The van der Waals surface area contributed by atoms with Gasteiger partial charge in [-0.15, -0.1) is 0 Å². The number of carbonyl (C=O) groups is 1. The second-order valence-corrected chi connectivity index (χ2v) is 6.42. The van der Waals surface area contributed by atoms with Crippen molar-refractivity contribution < 1.29 is 22.3 Å². The fraction of sp³-hybridized carbons (Fsp3) is 0.214. The molecule has 1 heterocycles. The second-order valence-electron chi connectivity index (χ2n) is 4.73. The number of rotatable bonds is 4. The number of carbonyl (C=O) groups excluding carboxylic acids is 1. The van der Waals surface area contributed by atoms with Crippen LogP contribution in [0, 0.1) is 12.7 Å². The molecule has 0 fully saturated rings. The van der Waals surface area contributed by atoms with Gasteiger partial charge in [-0.3, -0.25) is 4.72 Å². The van der Waals surface area contributed by atoms with Crippen LogP contribution in [-0.2, 0) is 21.8 Å². The number of anilines is 1. The highest BCUT2D eigenvalue weighted by molar-refractivity contribution is 7.92. The van der Waals surface area contributed by atoms with E-state index in [1.54, 1.807) is 6.92 Å². The molecule has 8 heteroatoms. The molecule has 2 rings (SSSR count). The van der Waals surface area contributed by atoms with Crippen LogP contribution in [0.15, 0.2) is 35.4 Å². The zero-order chi connectivity index (χ0) is 16.5. The number of ether oxygens (including phenoxy) is 1. The van der Waals surface area contributed by atoms with E-state index in [2.05, 4.69) is 9.46 Å². The Morgan fingerprint density at radius 3 is 2.59 bits per heavy atom. The summed E-state index contributed by atoms with van der Waals surface area (Å²) in [7, 11) is -1.20. The van der Waals surface area contributed by atoms with Crippen LogP contribution in [0.3, 0.4) is 0 Å². The van der Waals surface area contributed by atoms with Gasteiger partial charge in [0.1, 0.15) is 16.4 Å². The molecular weight excluding hydrogens is 311 g/mol. The molecule has 1 aromatic carbocycles. The molecule has 0 aliphatic rings. The van der Waals surface area contributed by atoms with Crippen molar-refractivity contribution in [2.24, 2.45) is 7.05 Å². The highest BCUT2D eigenvalue weighted by Crippen LogP contribution is 2.20. The molecule has 0 saturated carbocycles. The van der Waals surface area contributed by atoms with Crippen LogP contribution in [0.5, 0.6) is 0 Å². The summed E-state index contributed by atoms with van der Waals surface area (Å²) in [5.74, 6) is -1.16. The monoisotopic (exact) mass is 326 g/mol. The molecule has 0 saturated heterocycles. The smallest absolute Gasteiger partial charge is 0.354 e. The van der Waals surface area contributed by atoms with E-state index in [4.69, 9.17) is 0 Å². The average Bonchev–Trinajstić information content (AvgIpc) is 2.85. The quantitative estimate of drug-likeness (QED) is 0.873. The third-order valence-electron chi connectivity index (χ3n) is 3.11. The SMILES string of the molecule is COC(=O)c1cc(S(=O)(=O)Nc2ccc(C)c(F)c2)cn1C. The van der Waals surface area contributed by atoms with Crippen molar-refractivity contribution in [3.63, 3.8) is 0 Å². The van der Waals surface area contributed by atoms with Crippen molar-refractivity contribution in [1.29, 1.82) is 0 Å². The lowest BCUT2D eigenvalue weighted by Gasteiger charge is -2.07. The minimum atomic E-state index is -3.93. The molecule has 1 aromatic heterocycles. The van der Waals surface area contributed by atoms with Gasteiger partial charge in [0.15, 0.2) is 0 Å². The van der Waals surface area contributed by atoms with E-state index in [9.17, 15) is 17.6 Å². The van der Waals surface area contributed by atoms with Crippen LogP contribution in [0.1, 0.15) is 16.1 Å². The molecule has 22 heavy (non-hydrogen) atoms. The predicted molar refractivity (Wildman–Crippen MR) is 78.7 cm³/mol. The van der Waals surface area contributed by atoms with Gasteiger partial charge in [0.25, 0.3) is 10.0 Å². The number of hydrogen-bond donors (Lipinski definition) is 1. The van der Waals surface area contributed by atoms with Gasteiger partial charge in [0, 0.05) is 13.2 Å². The lowest BCUT2D eigenvalue weighted by molar-refractivity contribution is 0.0590. The minimum absolute atomic E-state index is 0.0953. The Kier molecular flexibility index (Phi) is 4.23. The van der Waals surface area contributed by atoms with Crippen LogP contribution < -0.4 is 4.72 Å². The van der Waals surface area contributed by atoms with E-state index in [0.717, 1.165) is 6.07 Å². The van der Waals surface area contributed by atoms with E-state index in [0.29, 0.717) is 5.56 Å². The van der Waals surface area contributed by atoms with E-state index >= 15 is 0 Å². The molecule has 118 valence electrons. The Hall–Kier alpha value is -2.35. The summed E-state index contributed by atoms with van der Waals surface area (Å²) in [6, 6.07) is 5.22. The molecule has 0 spiro atoms. The van der Waals surface area contributed by atoms with Gasteiger partial charge >= 0.3 is 5.97 Å². The number of halogens is 1. The van der Waals surface area contributed by atoms with Crippen LogP contribution in [0.4, 0.5) is 10.1 Å². The summed E-state index contributed by atoms with van der Waals surface area (Å²) in [6.45, 7) is 1.58. The van der Waals surface area contributed by atoms with E-state index in [1.165, 1.54) is 43.1 Å². The van der Waals surface area contributed by atoms with Gasteiger partial charge in [-0.25, -0.2) is 17.6 Å². The first kappa shape index (κ1) is 16.0. The van der Waals surface area contributed by atoms with Crippen molar-refractivity contribution >= 4 is 21.7 Å². The molecular formula is C14H15FN2O4S. The summed E-state index contributed by atoms with van der Waals surface area (Å²) in [5.41, 5.74) is 0.611. The Balaban J connectivity index is 2.34. The lowest BCUT2D eigenvalue weighted by atomic mass is 10.2. The van der Waals surface area contributed by atoms with Gasteiger partial charge in [0.05, 0.1) is 12.8 Å². The second kappa shape index (κ2) is 5.80. The number of aryl methyl sites for hydroxylation is 2. The fourth-order valence-corrected chi connectivity index (χ4v) is 2.98. The van der Waals surface area contributed by atoms with Crippen LogP contribution in [-0.4, -0.2) is 26.1 Å². The summed E-state index contributed by atoms with van der Waals surface area (Å²) in [4.78, 5) is 11.4. The largest absolute Gasteiger partial charge is 0.464 e. The third-order valence-corrected chi connectivity index (χ3v) is 4.46. The molecule has 0 aliphatic carbocycles. The standard InChI is InChI=1S/C14H15FN2O4S/c1-9-4-5-10(6-12(9)15)16-22(19,20)11-7-13(14(18)21-3)17(2)8-11/h4-8,16H,1-3H3. The van der Waals surface area contributed by atoms with Crippen LogP contribution in [0.25, 0.3) is 0 Å². The van der Waals surface area contributed by atoms with Crippen molar-refractivity contribution in [3.05, 3.63) is 47.5 Å². The third kappa shape index (κ3) is 3.11. The first-order valence-corrected chi connectivity index (χ1v) is 7.76. The minimum Gasteiger partial charge on any atom is -0.464 e. The normalized spacial score (nSPS) is 11.3. The zero-order valence-electron chi connectivity index (χ0n) is 12.3. The Labute approximate surface area is 127 Å². The maximum atomic E-state index is 13.5. The van der Waals surface area contributed by atoms with Gasteiger partial charge in [-0.1, -0.05) is 6.07 Å². The maximum Gasteiger partial charge on any atom is 0.354 e. The van der Waals surface area contributed by atoms with Gasteiger partial charge in [0.2, 0.25) is 0 Å². The first-order chi connectivity index (χ1) is 10.2. The number of nitrogens with zero attached hydrogens (tertiary/aromatic N) is 1. The Bertz CT molecular complexity index is 827. The molecule has 0 amide bonds. The van der Waals surface area contributed by atoms with E-state index < -0.39 is 21.8 Å². The van der Waals surface area contributed by atoms with Crippen molar-refractivity contribution in [3.8, 4) is 0 Å². The Morgan fingerprint density at radius 1 is 1.32 bits per heavy atom. The molecule has 0 aliphatic heterocycles. The number of benzene rings is 1. The first-order valence-electron chi connectivity index (χ1n) is 6.28.